The first kappa shape index (κ1) is 46.2. The SMILES string of the molecule is CC(C)c1ccc(C(C)C)cc1.CC(C)c1ccc2cc(C(C)C)ccc2c1.CC(C)c1cccc(C(C)C)c1.CC(C)c1cccc2c(C(C)C)cccc12. The third kappa shape index (κ3) is 13.5. The van der Waals surface area contributed by atoms with Crippen LogP contribution in [0.4, 0.5) is 0 Å². The van der Waals surface area contributed by atoms with Crippen molar-refractivity contribution in [1.82, 2.24) is 0 Å². The normalized spacial score (nSPS) is 11.4. The number of hydrogen-bond donors (Lipinski definition) is 0. The molecule has 0 aromatic heterocycles. The predicted molar refractivity (Wildman–Crippen MR) is 253 cm³/mol. The minimum atomic E-state index is 0.589. The Kier molecular flexibility index (Phi) is 18.1. The highest BCUT2D eigenvalue weighted by Gasteiger charge is 2.09. The maximum atomic E-state index is 2.31. The molecule has 300 valence electrons. The molecule has 0 atom stereocenters. The molecule has 0 nitrogen and oxygen atoms in total. The fourth-order valence-electron chi connectivity index (χ4n) is 6.91. The number of benzene rings is 6. The molecule has 0 aliphatic carbocycles. The van der Waals surface area contributed by atoms with E-state index < -0.39 is 0 Å². The lowest BCUT2D eigenvalue weighted by Crippen LogP contribution is -1.93. The molecule has 0 unspecified atom stereocenters. The molecule has 0 amide bonds. The lowest BCUT2D eigenvalue weighted by molar-refractivity contribution is 0.834. The molecule has 0 heteroatoms. The zero-order valence-corrected chi connectivity index (χ0v) is 38.2. The van der Waals surface area contributed by atoms with E-state index in [1.54, 1.807) is 0 Å². The van der Waals surface area contributed by atoms with E-state index in [1.165, 1.54) is 66.1 Å². The van der Waals surface area contributed by atoms with E-state index in [0.29, 0.717) is 47.3 Å². The molecule has 0 heterocycles. The van der Waals surface area contributed by atoms with E-state index in [4.69, 9.17) is 0 Å². The average Bonchev–Trinajstić information content (AvgIpc) is 3.17. The Bertz CT molecular complexity index is 1900. The van der Waals surface area contributed by atoms with Gasteiger partial charge in [0.05, 0.1) is 0 Å². The molecule has 56 heavy (non-hydrogen) atoms. The first-order valence-corrected chi connectivity index (χ1v) is 21.7. The van der Waals surface area contributed by atoms with Crippen LogP contribution in [0.5, 0.6) is 0 Å². The highest BCUT2D eigenvalue weighted by atomic mass is 14.1. The zero-order valence-electron chi connectivity index (χ0n) is 38.2. The fraction of sp³-hybridized carbons (Fsp3) is 0.429. The Morgan fingerprint density at radius 1 is 0.232 bits per heavy atom. The summed E-state index contributed by atoms with van der Waals surface area (Å²) in [6.07, 6.45) is 0. The van der Waals surface area contributed by atoms with Crippen molar-refractivity contribution in [1.29, 1.82) is 0 Å². The second kappa shape index (κ2) is 22.0. The van der Waals surface area contributed by atoms with Crippen molar-refractivity contribution in [3.05, 3.63) is 166 Å². The Morgan fingerprint density at radius 3 is 0.786 bits per heavy atom. The molecular formula is C56H76. The van der Waals surface area contributed by atoms with Crippen molar-refractivity contribution in [2.45, 2.75) is 158 Å². The molecule has 0 radical (unpaired) electrons. The maximum absolute atomic E-state index is 2.31. The summed E-state index contributed by atoms with van der Waals surface area (Å²) in [4.78, 5) is 0. The Morgan fingerprint density at radius 2 is 0.500 bits per heavy atom. The molecule has 0 spiro atoms. The van der Waals surface area contributed by atoms with Crippen LogP contribution in [0.15, 0.2) is 121 Å². The Hall–Kier alpha value is -4.16. The summed E-state index contributed by atoms with van der Waals surface area (Å²) >= 11 is 0. The molecule has 0 saturated heterocycles. The van der Waals surface area contributed by atoms with Gasteiger partial charge in [0.15, 0.2) is 0 Å². The first-order chi connectivity index (χ1) is 26.4. The summed E-state index contributed by atoms with van der Waals surface area (Å²) in [5.41, 5.74) is 11.5. The van der Waals surface area contributed by atoms with Gasteiger partial charge in [0.25, 0.3) is 0 Å². The first-order valence-electron chi connectivity index (χ1n) is 21.7. The van der Waals surface area contributed by atoms with Crippen LogP contribution in [0.1, 0.15) is 203 Å². The summed E-state index contributed by atoms with van der Waals surface area (Å²) in [6.45, 7) is 35.9. The summed E-state index contributed by atoms with van der Waals surface area (Å²) in [6, 6.07) is 44.8. The van der Waals surface area contributed by atoms with E-state index in [2.05, 4.69) is 232 Å². The summed E-state index contributed by atoms with van der Waals surface area (Å²) in [5.74, 6) is 4.96. The Balaban J connectivity index is 0.000000202. The molecule has 0 fully saturated rings. The molecule has 6 rings (SSSR count). The van der Waals surface area contributed by atoms with E-state index >= 15 is 0 Å². The third-order valence-corrected chi connectivity index (χ3v) is 11.0. The van der Waals surface area contributed by atoms with Crippen LogP contribution in [-0.2, 0) is 0 Å². The smallest absolute Gasteiger partial charge is 0.0146 e. The minimum absolute atomic E-state index is 0.589. The van der Waals surface area contributed by atoms with Gasteiger partial charge < -0.3 is 0 Å². The van der Waals surface area contributed by atoms with Crippen LogP contribution in [0.3, 0.4) is 0 Å². The van der Waals surface area contributed by atoms with Gasteiger partial charge in [-0.3, -0.25) is 0 Å². The highest BCUT2D eigenvalue weighted by Crippen LogP contribution is 2.31. The highest BCUT2D eigenvalue weighted by molar-refractivity contribution is 5.89. The summed E-state index contributed by atoms with van der Waals surface area (Å²) in [5, 5.41) is 5.55. The molecule has 0 aliphatic rings. The molecule has 0 saturated carbocycles. The minimum Gasteiger partial charge on any atom is -0.0617 e. The summed E-state index contributed by atoms with van der Waals surface area (Å²) < 4.78 is 0. The fourth-order valence-corrected chi connectivity index (χ4v) is 6.91. The topological polar surface area (TPSA) is 0 Å². The van der Waals surface area contributed by atoms with E-state index in [-0.39, 0.29) is 0 Å². The van der Waals surface area contributed by atoms with Crippen molar-refractivity contribution in [3.8, 4) is 0 Å². The van der Waals surface area contributed by atoms with Crippen LogP contribution in [0.2, 0.25) is 0 Å². The maximum Gasteiger partial charge on any atom is -0.0146 e. The molecule has 0 aliphatic heterocycles. The lowest BCUT2D eigenvalue weighted by Gasteiger charge is -2.14. The molecule has 0 N–H and O–H groups in total. The average molecular weight is 749 g/mol. The largest absolute Gasteiger partial charge is 0.0617 e. The standard InChI is InChI=1S/2C16H20.2C12H18/c1-11(2)13-5-7-16-10-14(12(3)4)6-8-15(16)9-13;1-11(2)13-7-5-10-16-14(12(3)4)8-6-9-15(13)16;1-9(2)11-5-7-12(8-6-11)10(3)4;1-9(2)11-6-5-7-12(8-11)10(3)4/h2*5-12H,1-4H3;2*5-10H,1-4H3. The quantitative estimate of drug-likeness (QED) is 0.145. The van der Waals surface area contributed by atoms with E-state index in [9.17, 15) is 0 Å². The van der Waals surface area contributed by atoms with Gasteiger partial charge in [-0.25, -0.2) is 0 Å². The number of fused-ring (bicyclic) bond motifs is 2. The van der Waals surface area contributed by atoms with Crippen molar-refractivity contribution in [2.75, 3.05) is 0 Å². The van der Waals surface area contributed by atoms with E-state index in [1.807, 2.05) is 0 Å². The van der Waals surface area contributed by atoms with Crippen LogP contribution in [0, 0.1) is 0 Å². The zero-order chi connectivity index (χ0) is 41.7. The monoisotopic (exact) mass is 749 g/mol. The van der Waals surface area contributed by atoms with Gasteiger partial charge in [-0.2, -0.15) is 0 Å². The van der Waals surface area contributed by atoms with Gasteiger partial charge in [0.2, 0.25) is 0 Å². The Labute approximate surface area is 344 Å². The van der Waals surface area contributed by atoms with Crippen LogP contribution < -0.4 is 0 Å². The molecule has 6 aromatic carbocycles. The number of rotatable bonds is 8. The molecular weight excluding hydrogens is 673 g/mol. The van der Waals surface area contributed by atoms with Crippen LogP contribution in [-0.4, -0.2) is 0 Å². The molecule has 0 bridgehead atoms. The van der Waals surface area contributed by atoms with Crippen molar-refractivity contribution < 1.29 is 0 Å². The van der Waals surface area contributed by atoms with Gasteiger partial charge in [-0.1, -0.05) is 232 Å². The summed E-state index contributed by atoms with van der Waals surface area (Å²) in [7, 11) is 0. The lowest BCUT2D eigenvalue weighted by atomic mass is 9.90. The van der Waals surface area contributed by atoms with Crippen molar-refractivity contribution in [2.24, 2.45) is 0 Å². The van der Waals surface area contributed by atoms with E-state index in [0.717, 1.165) is 0 Å². The second-order valence-electron chi connectivity index (χ2n) is 18.2. The number of hydrogen-bond acceptors (Lipinski definition) is 0. The van der Waals surface area contributed by atoms with Crippen molar-refractivity contribution >= 4 is 21.5 Å². The second-order valence-corrected chi connectivity index (χ2v) is 18.2. The van der Waals surface area contributed by atoms with Crippen molar-refractivity contribution in [3.63, 3.8) is 0 Å². The van der Waals surface area contributed by atoms with Gasteiger partial charge in [-0.05, 0) is 113 Å². The molecule has 6 aromatic rings. The van der Waals surface area contributed by atoms with Gasteiger partial charge in [-0.15, -0.1) is 0 Å². The predicted octanol–water partition coefficient (Wildman–Crippen LogP) is 18.0. The third-order valence-electron chi connectivity index (χ3n) is 11.0. The van der Waals surface area contributed by atoms with Crippen LogP contribution in [0.25, 0.3) is 21.5 Å². The van der Waals surface area contributed by atoms with Gasteiger partial charge >= 0.3 is 0 Å². The van der Waals surface area contributed by atoms with Gasteiger partial charge in [0, 0.05) is 0 Å². The van der Waals surface area contributed by atoms with Gasteiger partial charge in [0.1, 0.15) is 0 Å². The van der Waals surface area contributed by atoms with Crippen LogP contribution >= 0.6 is 0 Å².